The average molecular weight is 705 g/mol. The van der Waals surface area contributed by atoms with Crippen molar-refractivity contribution >= 4 is 11.9 Å². The summed E-state index contributed by atoms with van der Waals surface area (Å²) in [6.07, 6.45) is -0.557. The SMILES string of the molecule is CC(=O)O[C@@H]1C[C@@]23C[C@@]24CC[C@H]([C@@H]2OC[C@@H](O)[C@H](O)[C@H]2O)C(C)(C)[C@@H]4CC[C@H]3[C@]2(C)[C@@H](O)[C@]34O[C@H](C[C@@H](C)[C@@H]3[C@@]12C)[C@@H](C(C)(C)OC(C)=O)O4. The fourth-order valence-corrected chi connectivity index (χ4v) is 15.3. The Labute approximate surface area is 296 Å². The molecule has 3 heterocycles. The smallest absolute Gasteiger partial charge is 0.303 e. The lowest BCUT2D eigenvalue weighted by Gasteiger charge is -2.65. The number of fused-ring (bicyclic) bond motifs is 4. The van der Waals surface area contributed by atoms with Gasteiger partial charge in [-0.15, -0.1) is 0 Å². The highest BCUT2D eigenvalue weighted by molar-refractivity contribution is 5.67. The first-order valence-corrected chi connectivity index (χ1v) is 19.2. The third-order valence-corrected chi connectivity index (χ3v) is 17.0. The summed E-state index contributed by atoms with van der Waals surface area (Å²) in [5.74, 6) is -1.84. The van der Waals surface area contributed by atoms with E-state index in [1.54, 1.807) is 0 Å². The average Bonchev–Trinajstić information content (AvgIpc) is 3.50. The van der Waals surface area contributed by atoms with Crippen LogP contribution in [-0.2, 0) is 33.3 Å². The van der Waals surface area contributed by atoms with Crippen LogP contribution in [0.3, 0.4) is 0 Å². The van der Waals surface area contributed by atoms with Gasteiger partial charge in [-0.3, -0.25) is 9.59 Å². The van der Waals surface area contributed by atoms with Gasteiger partial charge in [-0.05, 0) is 98.7 Å². The quantitative estimate of drug-likeness (QED) is 0.317. The van der Waals surface area contributed by atoms with Gasteiger partial charge in [0.1, 0.15) is 42.2 Å². The van der Waals surface area contributed by atoms with E-state index in [9.17, 15) is 30.0 Å². The van der Waals surface area contributed by atoms with Gasteiger partial charge < -0.3 is 44.1 Å². The fourth-order valence-electron chi connectivity index (χ4n) is 15.3. The largest absolute Gasteiger partial charge is 0.462 e. The maximum atomic E-state index is 13.0. The molecule has 2 bridgehead atoms. The van der Waals surface area contributed by atoms with E-state index in [2.05, 4.69) is 34.6 Å². The van der Waals surface area contributed by atoms with Crippen LogP contribution in [0.25, 0.3) is 0 Å². The van der Waals surface area contributed by atoms with Gasteiger partial charge in [0.25, 0.3) is 0 Å². The Bertz CT molecular complexity index is 1450. The Hall–Kier alpha value is -1.34. The van der Waals surface area contributed by atoms with Crippen molar-refractivity contribution in [3.8, 4) is 0 Å². The first-order valence-electron chi connectivity index (χ1n) is 19.2. The van der Waals surface area contributed by atoms with Crippen LogP contribution in [-0.4, -0.2) is 99.2 Å². The number of rotatable bonds is 4. The van der Waals surface area contributed by atoms with Crippen molar-refractivity contribution in [2.45, 2.75) is 167 Å². The Balaban J connectivity index is 1.19. The molecule has 4 N–H and O–H groups in total. The highest BCUT2D eigenvalue weighted by Crippen LogP contribution is 2.90. The van der Waals surface area contributed by atoms with Gasteiger partial charge in [-0.1, -0.05) is 34.6 Å². The Morgan fingerprint density at radius 2 is 1.54 bits per heavy atom. The summed E-state index contributed by atoms with van der Waals surface area (Å²) in [5, 5.41) is 44.9. The number of carbonyl (C=O) groups is 2. The number of hydrogen-bond donors (Lipinski definition) is 4. The van der Waals surface area contributed by atoms with Gasteiger partial charge in [0.15, 0.2) is 5.79 Å². The topological polar surface area (TPSA) is 161 Å². The zero-order chi connectivity index (χ0) is 36.4. The molecule has 0 aromatic heterocycles. The van der Waals surface area contributed by atoms with Gasteiger partial charge in [-0.25, -0.2) is 0 Å². The molecule has 8 fully saturated rings. The first-order chi connectivity index (χ1) is 23.2. The highest BCUT2D eigenvalue weighted by Gasteiger charge is 2.90. The van der Waals surface area contributed by atoms with Crippen molar-refractivity contribution in [3.05, 3.63) is 0 Å². The zero-order valence-electron chi connectivity index (χ0n) is 31.3. The van der Waals surface area contributed by atoms with Gasteiger partial charge in [0.05, 0.1) is 18.8 Å². The molecule has 0 aromatic rings. The maximum absolute atomic E-state index is 13.0. The van der Waals surface area contributed by atoms with Crippen LogP contribution in [0.15, 0.2) is 0 Å². The molecule has 3 aliphatic heterocycles. The van der Waals surface area contributed by atoms with Crippen molar-refractivity contribution in [1.29, 1.82) is 0 Å². The van der Waals surface area contributed by atoms with Crippen LogP contribution >= 0.6 is 0 Å². The number of carbonyl (C=O) groups excluding carboxylic acids is 2. The molecular formula is C39H60O11. The van der Waals surface area contributed by atoms with Crippen molar-refractivity contribution in [3.63, 3.8) is 0 Å². The lowest BCUT2D eigenvalue weighted by atomic mass is 9.40. The summed E-state index contributed by atoms with van der Waals surface area (Å²) in [6, 6.07) is 0. The molecule has 50 heavy (non-hydrogen) atoms. The Kier molecular flexibility index (Phi) is 7.61. The van der Waals surface area contributed by atoms with Gasteiger partial charge in [0, 0.05) is 30.6 Å². The van der Waals surface area contributed by atoms with Gasteiger partial charge >= 0.3 is 11.9 Å². The molecule has 0 unspecified atom stereocenters. The van der Waals surface area contributed by atoms with Crippen LogP contribution in [0.4, 0.5) is 0 Å². The van der Waals surface area contributed by atoms with Gasteiger partial charge in [-0.2, -0.15) is 0 Å². The minimum absolute atomic E-state index is 0.00143. The third-order valence-electron chi connectivity index (χ3n) is 17.0. The van der Waals surface area contributed by atoms with E-state index in [4.69, 9.17) is 23.7 Å². The minimum Gasteiger partial charge on any atom is -0.462 e. The predicted molar refractivity (Wildman–Crippen MR) is 178 cm³/mol. The second-order valence-corrected chi connectivity index (χ2v) is 19.6. The normalized spacial score (nSPS) is 57.3. The molecule has 282 valence electrons. The van der Waals surface area contributed by atoms with E-state index in [1.807, 2.05) is 13.8 Å². The standard InChI is InChI=1S/C39H60O11/c1-18-14-23-31(34(6,7)48-20(3)41)50-39(49-23)30(18)36(9)26(47-19(2)40)15-38-17-37(38)13-12-21(29-28(44)27(43)22(42)16-46-29)33(4,5)24(37)10-11-25(38)35(36,8)32(39)45/h18,21-32,42-45H,10-17H2,1-9H3/t18-,21-,22-,23-,24+,25+,26-,27+,28-,29+,30-,31+,32-,35-,36-,37-,38+,39+/m1/s1. The Morgan fingerprint density at radius 3 is 2.20 bits per heavy atom. The van der Waals surface area contributed by atoms with Crippen LogP contribution < -0.4 is 0 Å². The maximum Gasteiger partial charge on any atom is 0.303 e. The minimum atomic E-state index is -1.34. The second-order valence-electron chi connectivity index (χ2n) is 19.6. The van der Waals surface area contributed by atoms with Crippen LogP contribution in [0, 0.1) is 56.7 Å². The number of aliphatic hydroxyl groups is 4. The van der Waals surface area contributed by atoms with Gasteiger partial charge in [0.2, 0.25) is 0 Å². The molecule has 0 aromatic carbocycles. The summed E-state index contributed by atoms with van der Waals surface area (Å²) in [6.45, 7) is 17.8. The number of aliphatic hydroxyl groups excluding tert-OH is 4. The second kappa shape index (κ2) is 10.7. The highest BCUT2D eigenvalue weighted by atomic mass is 16.8. The van der Waals surface area contributed by atoms with Crippen molar-refractivity contribution < 1.29 is 53.7 Å². The third kappa shape index (κ3) is 4.07. The van der Waals surface area contributed by atoms with E-state index in [-0.39, 0.29) is 58.6 Å². The molecule has 5 saturated carbocycles. The predicted octanol–water partition coefficient (Wildman–Crippen LogP) is 3.51. The first kappa shape index (κ1) is 35.7. The Morgan fingerprint density at radius 1 is 0.860 bits per heavy atom. The van der Waals surface area contributed by atoms with E-state index >= 15 is 0 Å². The monoisotopic (exact) mass is 704 g/mol. The van der Waals surface area contributed by atoms with Crippen LogP contribution in [0.5, 0.6) is 0 Å². The van der Waals surface area contributed by atoms with Crippen molar-refractivity contribution in [2.24, 2.45) is 56.7 Å². The molecule has 3 spiro atoms. The molecule has 0 amide bonds. The zero-order valence-corrected chi connectivity index (χ0v) is 31.3. The summed E-state index contributed by atoms with van der Waals surface area (Å²) >= 11 is 0. The van der Waals surface area contributed by atoms with Crippen molar-refractivity contribution in [1.82, 2.24) is 0 Å². The number of hydrogen-bond acceptors (Lipinski definition) is 11. The van der Waals surface area contributed by atoms with Crippen LogP contribution in [0.1, 0.15) is 107 Å². The van der Waals surface area contributed by atoms with E-state index < -0.39 is 70.9 Å². The number of esters is 2. The number of ether oxygens (including phenoxy) is 5. The summed E-state index contributed by atoms with van der Waals surface area (Å²) in [7, 11) is 0. The lowest BCUT2D eigenvalue weighted by molar-refractivity contribution is -0.283. The molecule has 0 radical (unpaired) electrons. The summed E-state index contributed by atoms with van der Waals surface area (Å²) < 4.78 is 32.3. The van der Waals surface area contributed by atoms with E-state index in [0.717, 1.165) is 32.1 Å². The molecule has 11 nitrogen and oxygen atoms in total. The molecule has 5 aliphatic carbocycles. The van der Waals surface area contributed by atoms with Crippen molar-refractivity contribution in [2.75, 3.05) is 6.61 Å². The molecule has 3 saturated heterocycles. The summed E-state index contributed by atoms with van der Waals surface area (Å²) in [4.78, 5) is 25.2. The lowest BCUT2D eigenvalue weighted by Crippen LogP contribution is -2.65. The fraction of sp³-hybridized carbons (Fsp3) is 0.949. The van der Waals surface area contributed by atoms with Crippen LogP contribution in [0.2, 0.25) is 0 Å². The van der Waals surface area contributed by atoms with E-state index in [0.29, 0.717) is 18.8 Å². The molecule has 11 heteroatoms. The molecule has 8 aliphatic rings. The van der Waals surface area contributed by atoms with E-state index in [1.165, 1.54) is 13.8 Å². The summed E-state index contributed by atoms with van der Waals surface area (Å²) in [5.41, 5.74) is -2.82. The molecular weight excluding hydrogens is 644 g/mol. The molecule has 18 atom stereocenters. The molecule has 8 rings (SSSR count).